The zero-order chi connectivity index (χ0) is 12.1. The molecule has 17 heavy (non-hydrogen) atoms. The number of hydrogen-bond acceptors (Lipinski definition) is 0. The predicted molar refractivity (Wildman–Crippen MR) is 73.9 cm³/mol. The lowest BCUT2D eigenvalue weighted by Gasteiger charge is -2.45. The van der Waals surface area contributed by atoms with Crippen LogP contribution in [0.4, 0.5) is 0 Å². The average Bonchev–Trinajstić information content (AvgIpc) is 2.77. The fourth-order valence-corrected chi connectivity index (χ4v) is 5.75. The van der Waals surface area contributed by atoms with E-state index in [4.69, 9.17) is 0 Å². The van der Waals surface area contributed by atoms with Crippen molar-refractivity contribution >= 4 is 0 Å². The van der Waals surface area contributed by atoms with Crippen molar-refractivity contribution in [1.82, 2.24) is 0 Å². The lowest BCUT2D eigenvalue weighted by atomic mass is 9.60. The van der Waals surface area contributed by atoms with E-state index in [9.17, 15) is 0 Å². The van der Waals surface area contributed by atoms with Crippen molar-refractivity contribution in [2.75, 3.05) is 0 Å². The first kappa shape index (κ1) is 12.1. The minimum atomic E-state index is 0.643. The van der Waals surface area contributed by atoms with Gasteiger partial charge in [-0.1, -0.05) is 52.9 Å². The van der Waals surface area contributed by atoms with Gasteiger partial charge in [0, 0.05) is 0 Å². The molecular formula is C17H30. The van der Waals surface area contributed by atoms with Crippen molar-refractivity contribution in [2.24, 2.45) is 28.6 Å². The summed E-state index contributed by atoms with van der Waals surface area (Å²) in [5.41, 5.74) is 1.36. The maximum Gasteiger partial charge on any atom is -0.0289 e. The zero-order valence-electron chi connectivity index (χ0n) is 12.1. The molecule has 0 aromatic rings. The van der Waals surface area contributed by atoms with E-state index in [0.29, 0.717) is 10.8 Å². The first-order valence-electron chi connectivity index (χ1n) is 8.02. The summed E-state index contributed by atoms with van der Waals surface area (Å²) in [6.45, 7) is 7.76. The van der Waals surface area contributed by atoms with Gasteiger partial charge in [0.2, 0.25) is 0 Å². The maximum atomic E-state index is 2.61. The van der Waals surface area contributed by atoms with Gasteiger partial charge >= 0.3 is 0 Å². The molecule has 0 amide bonds. The molecule has 0 radical (unpaired) electrons. The Hall–Kier alpha value is 0. The van der Waals surface area contributed by atoms with Crippen LogP contribution >= 0.6 is 0 Å². The van der Waals surface area contributed by atoms with Gasteiger partial charge in [-0.3, -0.25) is 0 Å². The number of hydrogen-bond donors (Lipinski definition) is 0. The minimum Gasteiger partial charge on any atom is -0.0594 e. The third kappa shape index (κ3) is 1.87. The molecule has 3 aliphatic rings. The van der Waals surface area contributed by atoms with Crippen LogP contribution in [0.15, 0.2) is 0 Å². The predicted octanol–water partition coefficient (Wildman–Crippen LogP) is 5.42. The fraction of sp³-hybridized carbons (Fsp3) is 1.00. The summed E-state index contributed by atoms with van der Waals surface area (Å²) in [6, 6.07) is 0. The van der Waals surface area contributed by atoms with Gasteiger partial charge < -0.3 is 0 Å². The van der Waals surface area contributed by atoms with Gasteiger partial charge in [0.15, 0.2) is 0 Å². The standard InChI is InChI=1S/C17H30/c1-16(2)14-9-10-17(3,12-14)15(16)11-13-7-5-4-6-8-13/h13-15H,4-12H2,1-3H3. The van der Waals surface area contributed by atoms with Gasteiger partial charge in [0.05, 0.1) is 0 Å². The number of fused-ring (bicyclic) bond motifs is 2. The van der Waals surface area contributed by atoms with Crippen molar-refractivity contribution in [3.05, 3.63) is 0 Å². The Balaban J connectivity index is 1.73. The topological polar surface area (TPSA) is 0 Å². The summed E-state index contributed by atoms with van der Waals surface area (Å²) >= 11 is 0. The lowest BCUT2D eigenvalue weighted by molar-refractivity contribution is 0.0469. The monoisotopic (exact) mass is 234 g/mol. The first-order chi connectivity index (χ1) is 8.02. The third-order valence-corrected chi connectivity index (χ3v) is 6.86. The molecule has 0 nitrogen and oxygen atoms in total. The van der Waals surface area contributed by atoms with Crippen molar-refractivity contribution in [2.45, 2.75) is 78.6 Å². The van der Waals surface area contributed by atoms with Crippen LogP contribution < -0.4 is 0 Å². The summed E-state index contributed by atoms with van der Waals surface area (Å²) in [5, 5.41) is 0. The summed E-state index contributed by atoms with van der Waals surface area (Å²) in [4.78, 5) is 0. The first-order valence-corrected chi connectivity index (χ1v) is 8.02. The molecule has 0 N–H and O–H groups in total. The maximum absolute atomic E-state index is 2.61. The molecule has 0 heteroatoms. The minimum absolute atomic E-state index is 0.643. The molecule has 0 aliphatic heterocycles. The van der Waals surface area contributed by atoms with Crippen molar-refractivity contribution < 1.29 is 0 Å². The molecule has 98 valence electrons. The second-order valence-electron chi connectivity index (χ2n) is 8.21. The summed E-state index contributed by atoms with van der Waals surface area (Å²) in [6.07, 6.45) is 13.7. The van der Waals surface area contributed by atoms with Crippen LogP contribution in [0.25, 0.3) is 0 Å². The molecule has 3 saturated carbocycles. The zero-order valence-corrected chi connectivity index (χ0v) is 12.1. The highest BCUT2D eigenvalue weighted by Gasteiger charge is 2.58. The molecule has 3 aliphatic carbocycles. The van der Waals surface area contributed by atoms with E-state index in [1.807, 2.05) is 0 Å². The van der Waals surface area contributed by atoms with Crippen molar-refractivity contribution in [1.29, 1.82) is 0 Å². The largest absolute Gasteiger partial charge is 0.0594 e. The van der Waals surface area contributed by atoms with Gasteiger partial charge in [-0.25, -0.2) is 0 Å². The molecule has 0 heterocycles. The third-order valence-electron chi connectivity index (χ3n) is 6.86. The molecule has 3 unspecified atom stereocenters. The van der Waals surface area contributed by atoms with Crippen LogP contribution in [-0.4, -0.2) is 0 Å². The highest BCUT2D eigenvalue weighted by atomic mass is 14.6. The van der Waals surface area contributed by atoms with E-state index < -0.39 is 0 Å². The quantitative estimate of drug-likeness (QED) is 0.598. The van der Waals surface area contributed by atoms with Gasteiger partial charge in [-0.15, -0.1) is 0 Å². The Kier molecular flexibility index (Phi) is 2.84. The molecule has 3 rings (SSSR count). The van der Waals surface area contributed by atoms with E-state index in [-0.39, 0.29) is 0 Å². The van der Waals surface area contributed by atoms with Crippen molar-refractivity contribution in [3.8, 4) is 0 Å². The summed E-state index contributed by atoms with van der Waals surface area (Å²) < 4.78 is 0. The molecule has 3 fully saturated rings. The Morgan fingerprint density at radius 2 is 1.65 bits per heavy atom. The van der Waals surface area contributed by atoms with Crippen LogP contribution in [-0.2, 0) is 0 Å². The fourth-order valence-electron chi connectivity index (χ4n) is 5.75. The van der Waals surface area contributed by atoms with Gasteiger partial charge in [-0.05, 0) is 54.3 Å². The Labute approximate surface area is 108 Å². The van der Waals surface area contributed by atoms with Crippen LogP contribution in [0.3, 0.4) is 0 Å². The van der Waals surface area contributed by atoms with Gasteiger partial charge in [0.1, 0.15) is 0 Å². The average molecular weight is 234 g/mol. The SMILES string of the molecule is CC12CCC(C1)C(C)(C)C2CC1CCCCC1. The molecule has 3 atom stereocenters. The molecule has 0 aromatic carbocycles. The van der Waals surface area contributed by atoms with Crippen LogP contribution in [0.5, 0.6) is 0 Å². The summed E-state index contributed by atoms with van der Waals surface area (Å²) in [7, 11) is 0. The smallest absolute Gasteiger partial charge is 0.0289 e. The van der Waals surface area contributed by atoms with E-state index in [1.165, 1.54) is 51.4 Å². The van der Waals surface area contributed by atoms with E-state index in [0.717, 1.165) is 17.8 Å². The molecule has 2 bridgehead atoms. The molecule has 0 aromatic heterocycles. The molecular weight excluding hydrogens is 204 g/mol. The second-order valence-corrected chi connectivity index (χ2v) is 8.21. The van der Waals surface area contributed by atoms with Crippen LogP contribution in [0, 0.1) is 28.6 Å². The second kappa shape index (κ2) is 4.00. The summed E-state index contributed by atoms with van der Waals surface area (Å²) in [5.74, 6) is 3.14. The van der Waals surface area contributed by atoms with E-state index in [2.05, 4.69) is 20.8 Å². The lowest BCUT2D eigenvalue weighted by Crippen LogP contribution is -2.36. The highest BCUT2D eigenvalue weighted by molar-refractivity contribution is 5.08. The Morgan fingerprint density at radius 1 is 0.941 bits per heavy atom. The molecule has 0 saturated heterocycles. The van der Waals surface area contributed by atoms with E-state index >= 15 is 0 Å². The number of rotatable bonds is 2. The Bertz CT molecular complexity index is 280. The van der Waals surface area contributed by atoms with Crippen molar-refractivity contribution in [3.63, 3.8) is 0 Å². The van der Waals surface area contributed by atoms with Gasteiger partial charge in [-0.2, -0.15) is 0 Å². The van der Waals surface area contributed by atoms with Crippen LogP contribution in [0.1, 0.15) is 78.6 Å². The molecule has 0 spiro atoms. The van der Waals surface area contributed by atoms with Gasteiger partial charge in [0.25, 0.3) is 0 Å². The van der Waals surface area contributed by atoms with E-state index in [1.54, 1.807) is 6.42 Å². The Morgan fingerprint density at radius 3 is 2.24 bits per heavy atom. The van der Waals surface area contributed by atoms with Crippen LogP contribution in [0.2, 0.25) is 0 Å². The highest BCUT2D eigenvalue weighted by Crippen LogP contribution is 2.67. The normalized spacial score (nSPS) is 45.4.